The normalized spacial score (nSPS) is 10.7. The van der Waals surface area contributed by atoms with E-state index in [-0.39, 0.29) is 11.9 Å². The van der Waals surface area contributed by atoms with E-state index in [1.165, 1.54) is 0 Å². The highest BCUT2D eigenvalue weighted by Crippen LogP contribution is 1.84. The predicted octanol–water partition coefficient (Wildman–Crippen LogP) is 0.387. The summed E-state index contributed by atoms with van der Waals surface area (Å²) >= 11 is 0. The lowest BCUT2D eigenvalue weighted by Gasteiger charge is -2.08. The Labute approximate surface area is 96.2 Å². The van der Waals surface area contributed by atoms with Gasteiger partial charge in [0.15, 0.2) is 0 Å². The van der Waals surface area contributed by atoms with Gasteiger partial charge in [0.05, 0.1) is 6.54 Å². The smallest absolute Gasteiger partial charge is 0.221 e. The summed E-state index contributed by atoms with van der Waals surface area (Å²) in [5.41, 5.74) is 0. The third-order valence-electron chi connectivity index (χ3n) is 2.06. The SMILES string of the molecule is CC(C)NC(=O)CCNCCn1cccn1. The lowest BCUT2D eigenvalue weighted by Crippen LogP contribution is -2.33. The van der Waals surface area contributed by atoms with Gasteiger partial charge >= 0.3 is 0 Å². The zero-order valence-electron chi connectivity index (χ0n) is 9.94. The summed E-state index contributed by atoms with van der Waals surface area (Å²) in [5.74, 6) is 0.0987. The molecule has 0 saturated carbocycles. The lowest BCUT2D eigenvalue weighted by molar-refractivity contribution is -0.121. The van der Waals surface area contributed by atoms with Crippen LogP contribution in [0.5, 0.6) is 0 Å². The van der Waals surface area contributed by atoms with Crippen LogP contribution in [-0.4, -0.2) is 34.8 Å². The van der Waals surface area contributed by atoms with Crippen molar-refractivity contribution >= 4 is 5.91 Å². The van der Waals surface area contributed by atoms with Gasteiger partial charge in [-0.2, -0.15) is 5.10 Å². The summed E-state index contributed by atoms with van der Waals surface area (Å²) < 4.78 is 1.86. The second-order valence-corrected chi connectivity index (χ2v) is 3.99. The third-order valence-corrected chi connectivity index (χ3v) is 2.06. The molecule has 1 amide bonds. The zero-order valence-corrected chi connectivity index (χ0v) is 9.94. The van der Waals surface area contributed by atoms with Crippen LogP contribution in [0.15, 0.2) is 18.5 Å². The van der Waals surface area contributed by atoms with E-state index in [1.807, 2.05) is 30.8 Å². The van der Waals surface area contributed by atoms with E-state index in [0.29, 0.717) is 13.0 Å². The van der Waals surface area contributed by atoms with Gasteiger partial charge in [0.25, 0.3) is 0 Å². The summed E-state index contributed by atoms with van der Waals surface area (Å²) in [4.78, 5) is 11.3. The van der Waals surface area contributed by atoms with Crippen molar-refractivity contribution in [2.45, 2.75) is 32.9 Å². The standard InChI is InChI=1S/C11H20N4O/c1-10(2)14-11(16)4-6-12-7-9-15-8-3-5-13-15/h3,5,8,10,12H,4,6-7,9H2,1-2H3,(H,14,16). The monoisotopic (exact) mass is 224 g/mol. The first kappa shape index (κ1) is 12.7. The van der Waals surface area contributed by atoms with Crippen LogP contribution < -0.4 is 10.6 Å². The highest BCUT2D eigenvalue weighted by Gasteiger charge is 2.01. The number of aromatic nitrogens is 2. The molecule has 0 aliphatic rings. The van der Waals surface area contributed by atoms with Crippen molar-refractivity contribution in [2.75, 3.05) is 13.1 Å². The van der Waals surface area contributed by atoms with Gasteiger partial charge in [0.2, 0.25) is 5.91 Å². The van der Waals surface area contributed by atoms with Crippen molar-refractivity contribution in [1.82, 2.24) is 20.4 Å². The van der Waals surface area contributed by atoms with Crippen molar-refractivity contribution in [3.05, 3.63) is 18.5 Å². The summed E-state index contributed by atoms with van der Waals surface area (Å²) in [6, 6.07) is 2.12. The van der Waals surface area contributed by atoms with Crippen molar-refractivity contribution < 1.29 is 4.79 Å². The largest absolute Gasteiger partial charge is 0.354 e. The summed E-state index contributed by atoms with van der Waals surface area (Å²) in [5, 5.41) is 10.1. The van der Waals surface area contributed by atoms with Gasteiger partial charge in [-0.25, -0.2) is 0 Å². The van der Waals surface area contributed by atoms with E-state index in [1.54, 1.807) is 6.20 Å². The molecule has 1 aromatic heterocycles. The Bertz CT molecular complexity index is 295. The second kappa shape index (κ2) is 7.00. The molecule has 16 heavy (non-hydrogen) atoms. The molecule has 0 aliphatic heterocycles. The maximum atomic E-state index is 11.3. The molecular weight excluding hydrogens is 204 g/mol. The van der Waals surface area contributed by atoms with Gasteiger partial charge in [-0.05, 0) is 19.9 Å². The number of nitrogens with one attached hydrogen (secondary N) is 2. The molecule has 0 aromatic carbocycles. The topological polar surface area (TPSA) is 59.0 Å². The maximum absolute atomic E-state index is 11.3. The number of carbonyl (C=O) groups excluding carboxylic acids is 1. The average molecular weight is 224 g/mol. The van der Waals surface area contributed by atoms with Gasteiger partial charge in [-0.1, -0.05) is 0 Å². The number of hydrogen-bond donors (Lipinski definition) is 2. The van der Waals surface area contributed by atoms with Crippen LogP contribution in [0.1, 0.15) is 20.3 Å². The second-order valence-electron chi connectivity index (χ2n) is 3.99. The minimum absolute atomic E-state index is 0.0987. The Morgan fingerprint density at radius 2 is 2.25 bits per heavy atom. The molecule has 0 radical (unpaired) electrons. The molecule has 2 N–H and O–H groups in total. The molecular formula is C11H20N4O. The van der Waals surface area contributed by atoms with Crippen molar-refractivity contribution in [3.63, 3.8) is 0 Å². The Balaban J connectivity index is 1.98. The molecule has 5 nitrogen and oxygen atoms in total. The van der Waals surface area contributed by atoms with Crippen LogP contribution in [-0.2, 0) is 11.3 Å². The number of amides is 1. The minimum atomic E-state index is 0.0987. The van der Waals surface area contributed by atoms with E-state index < -0.39 is 0 Å². The predicted molar refractivity (Wildman–Crippen MR) is 63.0 cm³/mol. The van der Waals surface area contributed by atoms with Gasteiger partial charge in [-0.3, -0.25) is 9.48 Å². The number of rotatable bonds is 7. The third kappa shape index (κ3) is 5.50. The first-order valence-electron chi connectivity index (χ1n) is 5.66. The molecule has 0 atom stereocenters. The molecule has 0 bridgehead atoms. The summed E-state index contributed by atoms with van der Waals surface area (Å²) in [7, 11) is 0. The van der Waals surface area contributed by atoms with E-state index in [0.717, 1.165) is 13.1 Å². The van der Waals surface area contributed by atoms with E-state index >= 15 is 0 Å². The molecule has 0 fully saturated rings. The van der Waals surface area contributed by atoms with Crippen molar-refractivity contribution in [2.24, 2.45) is 0 Å². The number of carbonyl (C=O) groups is 1. The fraction of sp³-hybridized carbons (Fsp3) is 0.636. The van der Waals surface area contributed by atoms with Gasteiger partial charge < -0.3 is 10.6 Å². The van der Waals surface area contributed by atoms with Crippen LogP contribution >= 0.6 is 0 Å². The Kier molecular flexibility index (Phi) is 5.56. The number of nitrogens with zero attached hydrogens (tertiary/aromatic N) is 2. The Hall–Kier alpha value is -1.36. The first-order valence-corrected chi connectivity index (χ1v) is 5.66. The van der Waals surface area contributed by atoms with Crippen molar-refractivity contribution in [1.29, 1.82) is 0 Å². The molecule has 1 aromatic rings. The Morgan fingerprint density at radius 1 is 1.44 bits per heavy atom. The van der Waals surface area contributed by atoms with Crippen molar-refractivity contribution in [3.8, 4) is 0 Å². The number of hydrogen-bond acceptors (Lipinski definition) is 3. The van der Waals surface area contributed by atoms with Crippen LogP contribution in [0, 0.1) is 0 Å². The van der Waals surface area contributed by atoms with Gasteiger partial charge in [0, 0.05) is 37.9 Å². The average Bonchev–Trinajstić information content (AvgIpc) is 2.68. The molecule has 5 heteroatoms. The van der Waals surface area contributed by atoms with E-state index in [4.69, 9.17) is 0 Å². The molecule has 0 unspecified atom stereocenters. The molecule has 90 valence electrons. The quantitative estimate of drug-likeness (QED) is 0.659. The lowest BCUT2D eigenvalue weighted by atomic mass is 10.3. The highest BCUT2D eigenvalue weighted by atomic mass is 16.1. The van der Waals surface area contributed by atoms with Gasteiger partial charge in [0.1, 0.15) is 0 Å². The fourth-order valence-corrected chi connectivity index (χ4v) is 1.35. The van der Waals surface area contributed by atoms with Crippen LogP contribution in [0.2, 0.25) is 0 Å². The molecule has 1 rings (SSSR count). The molecule has 0 spiro atoms. The Morgan fingerprint density at radius 3 is 2.88 bits per heavy atom. The van der Waals surface area contributed by atoms with E-state index in [9.17, 15) is 4.79 Å². The zero-order chi connectivity index (χ0) is 11.8. The van der Waals surface area contributed by atoms with E-state index in [2.05, 4.69) is 15.7 Å². The van der Waals surface area contributed by atoms with Crippen LogP contribution in [0.3, 0.4) is 0 Å². The minimum Gasteiger partial charge on any atom is -0.354 e. The fourth-order valence-electron chi connectivity index (χ4n) is 1.35. The highest BCUT2D eigenvalue weighted by molar-refractivity contribution is 5.76. The first-order chi connectivity index (χ1) is 7.68. The molecule has 1 heterocycles. The van der Waals surface area contributed by atoms with Gasteiger partial charge in [-0.15, -0.1) is 0 Å². The summed E-state index contributed by atoms with van der Waals surface area (Å²) in [6.07, 6.45) is 4.21. The van der Waals surface area contributed by atoms with Crippen LogP contribution in [0.25, 0.3) is 0 Å². The molecule has 0 aliphatic carbocycles. The molecule has 0 saturated heterocycles. The van der Waals surface area contributed by atoms with Crippen LogP contribution in [0.4, 0.5) is 0 Å². The summed E-state index contributed by atoms with van der Waals surface area (Å²) in [6.45, 7) is 6.29. The maximum Gasteiger partial charge on any atom is 0.221 e.